The first-order valence-corrected chi connectivity index (χ1v) is 12.5. The van der Waals surface area contributed by atoms with Crippen LogP contribution < -0.4 is 5.56 Å². The van der Waals surface area contributed by atoms with Gasteiger partial charge in [0.05, 0.1) is 22.5 Å². The summed E-state index contributed by atoms with van der Waals surface area (Å²) in [4.78, 5) is 27.6. The number of nitrogens with zero attached hydrogens (tertiary/aromatic N) is 3. The molecule has 0 radical (unpaired) electrons. The molecule has 0 atom stereocenters. The highest BCUT2D eigenvalue weighted by Crippen LogP contribution is 2.26. The molecule has 0 spiro atoms. The number of carbonyl (C=O) groups is 1. The molecule has 7 nitrogen and oxygen atoms in total. The Hall–Kier alpha value is -4.66. The fourth-order valence-electron chi connectivity index (χ4n) is 4.34. The second kappa shape index (κ2) is 11.0. The number of halogens is 2. The van der Waals surface area contributed by atoms with Gasteiger partial charge in [-0.2, -0.15) is 0 Å². The van der Waals surface area contributed by atoms with Gasteiger partial charge in [0, 0.05) is 18.1 Å². The van der Waals surface area contributed by atoms with E-state index in [2.05, 4.69) is 10.1 Å². The molecule has 1 N–H and O–H groups in total. The predicted molar refractivity (Wildman–Crippen MR) is 142 cm³/mol. The normalized spacial score (nSPS) is 13.0. The van der Waals surface area contributed by atoms with Crippen molar-refractivity contribution in [1.29, 1.82) is 0 Å². The van der Waals surface area contributed by atoms with Gasteiger partial charge < -0.3 is 9.63 Å². The number of rotatable bonds is 5. The van der Waals surface area contributed by atoms with Crippen LogP contribution in [-0.2, 0) is 11.2 Å². The molecule has 1 aliphatic carbocycles. The van der Waals surface area contributed by atoms with Gasteiger partial charge in [0.1, 0.15) is 28.9 Å². The Bertz CT molecular complexity index is 1690. The van der Waals surface area contributed by atoms with Gasteiger partial charge in [-0.05, 0) is 73.9 Å². The number of aromatic nitrogens is 3. The van der Waals surface area contributed by atoms with Gasteiger partial charge in [0.2, 0.25) is 0 Å². The summed E-state index contributed by atoms with van der Waals surface area (Å²) in [6, 6.07) is 19.0. The summed E-state index contributed by atoms with van der Waals surface area (Å²) < 4.78 is 33.3. The van der Waals surface area contributed by atoms with E-state index in [1.165, 1.54) is 28.8 Å². The summed E-state index contributed by atoms with van der Waals surface area (Å²) >= 11 is 0. The molecule has 9 heteroatoms. The first kappa shape index (κ1) is 26.0. The Morgan fingerprint density at radius 2 is 1.67 bits per heavy atom. The van der Waals surface area contributed by atoms with Crippen LogP contribution in [0, 0.1) is 24.5 Å². The molecule has 0 amide bonds. The van der Waals surface area contributed by atoms with Crippen molar-refractivity contribution < 1.29 is 23.2 Å². The molecule has 2 heterocycles. The summed E-state index contributed by atoms with van der Waals surface area (Å²) in [6.45, 7) is 1.73. The Morgan fingerprint density at radius 1 is 1.00 bits per heavy atom. The zero-order chi connectivity index (χ0) is 27.5. The molecule has 198 valence electrons. The highest BCUT2D eigenvalue weighted by molar-refractivity contribution is 5.83. The van der Waals surface area contributed by atoms with Crippen LogP contribution in [0.3, 0.4) is 0 Å². The van der Waals surface area contributed by atoms with E-state index in [0.717, 1.165) is 30.4 Å². The number of aliphatic carboxylic acids is 1. The molecule has 1 aliphatic rings. The van der Waals surface area contributed by atoms with Gasteiger partial charge in [0.15, 0.2) is 0 Å². The average molecular weight is 530 g/mol. The van der Waals surface area contributed by atoms with Gasteiger partial charge >= 0.3 is 5.97 Å². The highest BCUT2D eigenvalue weighted by atomic mass is 19.1. The lowest BCUT2D eigenvalue weighted by Gasteiger charge is -2.19. The highest BCUT2D eigenvalue weighted by Gasteiger charge is 2.23. The van der Waals surface area contributed by atoms with Crippen molar-refractivity contribution in [3.63, 3.8) is 0 Å². The van der Waals surface area contributed by atoms with Crippen LogP contribution in [0.15, 0.2) is 82.1 Å². The number of carboxylic acids is 1. The average Bonchev–Trinajstić information content (AvgIpc) is 3.34. The maximum absolute atomic E-state index is 13.3. The van der Waals surface area contributed by atoms with Crippen LogP contribution in [0.25, 0.3) is 27.8 Å². The molecule has 0 saturated heterocycles. The predicted octanol–water partition coefficient (Wildman–Crippen LogP) is 6.09. The molecule has 2 aromatic heterocycles. The number of hydrogen-bond acceptors (Lipinski definition) is 5. The van der Waals surface area contributed by atoms with E-state index in [0.29, 0.717) is 40.3 Å². The zero-order valence-electron chi connectivity index (χ0n) is 21.1. The summed E-state index contributed by atoms with van der Waals surface area (Å²) in [7, 11) is 0. The van der Waals surface area contributed by atoms with Crippen LogP contribution in [0.1, 0.15) is 36.4 Å². The van der Waals surface area contributed by atoms with E-state index in [-0.39, 0.29) is 23.1 Å². The number of aryl methyl sites for hydroxylation is 1. The van der Waals surface area contributed by atoms with Crippen LogP contribution in [-0.4, -0.2) is 25.8 Å². The Balaban J connectivity index is 0.000000384. The maximum atomic E-state index is 13.3. The molecule has 0 bridgehead atoms. The van der Waals surface area contributed by atoms with Gasteiger partial charge in [-0.25, -0.2) is 13.8 Å². The van der Waals surface area contributed by atoms with Crippen LogP contribution in [0.4, 0.5) is 8.78 Å². The molecule has 3 aromatic carbocycles. The first-order valence-electron chi connectivity index (χ1n) is 12.5. The van der Waals surface area contributed by atoms with E-state index in [9.17, 15) is 18.4 Å². The molecule has 39 heavy (non-hydrogen) atoms. The Kier molecular flexibility index (Phi) is 7.31. The second-order valence-corrected chi connectivity index (χ2v) is 9.46. The minimum absolute atomic E-state index is 0.000000000000000444. The van der Waals surface area contributed by atoms with E-state index in [1.807, 2.05) is 6.07 Å². The summed E-state index contributed by atoms with van der Waals surface area (Å²) in [6.07, 6.45) is 3.39. The van der Waals surface area contributed by atoms with Gasteiger partial charge in [-0.1, -0.05) is 29.8 Å². The molecule has 5 aromatic rings. The van der Waals surface area contributed by atoms with Crippen molar-refractivity contribution in [3.8, 4) is 16.9 Å². The van der Waals surface area contributed by atoms with Crippen LogP contribution >= 0.6 is 0 Å². The first-order chi connectivity index (χ1) is 18.8. The lowest BCUT2D eigenvalue weighted by Crippen LogP contribution is -2.22. The largest absolute Gasteiger partial charge is 0.481 e. The van der Waals surface area contributed by atoms with Crippen LogP contribution in [0.5, 0.6) is 0 Å². The van der Waals surface area contributed by atoms with Gasteiger partial charge in [0.25, 0.3) is 5.56 Å². The van der Waals surface area contributed by atoms with Crippen molar-refractivity contribution in [1.82, 2.24) is 14.7 Å². The molecule has 0 unspecified atom stereocenters. The minimum Gasteiger partial charge on any atom is -0.481 e. The van der Waals surface area contributed by atoms with Crippen molar-refractivity contribution in [2.75, 3.05) is 0 Å². The van der Waals surface area contributed by atoms with Gasteiger partial charge in [-0.15, -0.1) is 0 Å². The Morgan fingerprint density at radius 3 is 2.26 bits per heavy atom. The molecular formula is C30H25F2N3O4. The van der Waals surface area contributed by atoms with Crippen molar-refractivity contribution in [2.24, 2.45) is 5.92 Å². The fourth-order valence-corrected chi connectivity index (χ4v) is 4.34. The molecular weight excluding hydrogens is 504 g/mol. The summed E-state index contributed by atoms with van der Waals surface area (Å²) in [5.74, 6) is -0.147. The van der Waals surface area contributed by atoms with Gasteiger partial charge in [-0.3, -0.25) is 14.2 Å². The quantitative estimate of drug-likeness (QED) is 0.296. The third-order valence-corrected chi connectivity index (χ3v) is 6.72. The lowest BCUT2D eigenvalue weighted by molar-refractivity contribution is -0.144. The topological polar surface area (TPSA) is 98.2 Å². The molecule has 0 aliphatic heterocycles. The summed E-state index contributed by atoms with van der Waals surface area (Å²) in [5.41, 5.74) is 3.14. The zero-order valence-corrected chi connectivity index (χ0v) is 21.1. The van der Waals surface area contributed by atoms with Crippen molar-refractivity contribution >= 4 is 16.9 Å². The van der Waals surface area contributed by atoms with E-state index >= 15 is 0 Å². The molecule has 6 rings (SSSR count). The SMILES string of the molecule is Cc1nc2cc(-c3cc(Cc4ccc(F)cc4)on3)ccc2c(=O)n1-c1ccc(F)cc1.O=C(O)C1CCC1. The third-order valence-electron chi connectivity index (χ3n) is 6.72. The minimum atomic E-state index is -0.619. The fraction of sp³-hybridized carbons (Fsp3) is 0.200. The van der Waals surface area contributed by atoms with Crippen molar-refractivity contribution in [2.45, 2.75) is 32.6 Å². The third kappa shape index (κ3) is 5.77. The van der Waals surface area contributed by atoms with E-state index < -0.39 is 5.97 Å². The Labute approximate surface area is 222 Å². The standard InChI is InChI=1S/C25H17F2N3O2.C5H8O2/c1-15-28-24-13-17(23-14-21(32-29-23)12-16-2-5-18(26)6-3-16)4-11-22(24)25(31)30(15)20-9-7-19(27)8-10-20;6-5(7)4-2-1-3-4/h2-11,13-14H,12H2,1H3;4H,1-3H2,(H,6,7). The number of benzene rings is 3. The number of fused-ring (bicyclic) bond motifs is 1. The van der Waals surface area contributed by atoms with E-state index in [4.69, 9.17) is 9.63 Å². The maximum Gasteiger partial charge on any atom is 0.306 e. The number of hydrogen-bond donors (Lipinski definition) is 1. The second-order valence-electron chi connectivity index (χ2n) is 9.46. The summed E-state index contributed by atoms with van der Waals surface area (Å²) in [5, 5.41) is 12.8. The smallest absolute Gasteiger partial charge is 0.306 e. The monoisotopic (exact) mass is 529 g/mol. The number of carboxylic acid groups (broad SMARTS) is 1. The molecule has 1 saturated carbocycles. The van der Waals surface area contributed by atoms with Crippen LogP contribution in [0.2, 0.25) is 0 Å². The lowest BCUT2D eigenvalue weighted by atomic mass is 9.86. The van der Waals surface area contributed by atoms with E-state index in [1.54, 1.807) is 49.4 Å². The molecule has 1 fully saturated rings. The van der Waals surface area contributed by atoms with Crippen molar-refractivity contribution in [3.05, 3.63) is 112 Å².